The molecule has 1 aromatic rings. The van der Waals surface area contributed by atoms with Crippen molar-refractivity contribution in [3.8, 4) is 5.75 Å². The number of rotatable bonds is 5. The molecule has 2 nitrogen and oxygen atoms in total. The number of halogens is 3. The van der Waals surface area contributed by atoms with Crippen LogP contribution in [0.3, 0.4) is 0 Å². The molecular weight excluding hydrogens is 221 g/mol. The molecule has 0 saturated carbocycles. The van der Waals surface area contributed by atoms with Crippen LogP contribution in [0.2, 0.25) is 0 Å². The number of hydrogen-bond donors (Lipinski definition) is 0. The normalized spacial score (nSPS) is 11.2. The van der Waals surface area contributed by atoms with E-state index in [1.165, 1.54) is 31.4 Å². The van der Waals surface area contributed by atoms with Gasteiger partial charge in [-0.1, -0.05) is 12.1 Å². The molecule has 1 rings (SSSR count). The van der Waals surface area contributed by atoms with E-state index in [0.29, 0.717) is 5.75 Å². The molecule has 0 aliphatic rings. The number of carbonyl (C=O) groups excluding carboxylic acids is 1. The molecule has 88 valence electrons. The molecule has 0 aliphatic heterocycles. The van der Waals surface area contributed by atoms with Crippen molar-refractivity contribution >= 4 is 5.78 Å². The third-order valence-corrected chi connectivity index (χ3v) is 2.11. The van der Waals surface area contributed by atoms with E-state index < -0.39 is 24.8 Å². The van der Waals surface area contributed by atoms with E-state index in [0.717, 1.165) is 0 Å². The minimum atomic E-state index is -3.65. The van der Waals surface area contributed by atoms with Crippen LogP contribution in [0.1, 0.15) is 5.56 Å². The minimum Gasteiger partial charge on any atom is -0.497 e. The maximum Gasteiger partial charge on any atom is 0.311 e. The highest BCUT2D eigenvalue weighted by Crippen LogP contribution is 2.22. The molecule has 0 saturated heterocycles. The molecule has 0 bridgehead atoms. The predicted molar refractivity (Wildman–Crippen MR) is 52.6 cm³/mol. The molecule has 0 atom stereocenters. The Balaban J connectivity index is 2.76. The molecule has 0 aliphatic carbocycles. The maximum absolute atomic E-state index is 13.1. The molecule has 0 aromatic heterocycles. The standard InChI is InChI=1S/C11H11F3O2/c1-16-9-4-2-8(3-5-9)6-11(13,14)10(15)7-12/h2-5H,6-7H2,1H3. The molecule has 0 unspecified atom stereocenters. The van der Waals surface area contributed by atoms with Crippen LogP contribution in [0.15, 0.2) is 24.3 Å². The highest BCUT2D eigenvalue weighted by Gasteiger charge is 2.38. The summed E-state index contributed by atoms with van der Waals surface area (Å²) < 4.78 is 42.8. The summed E-state index contributed by atoms with van der Waals surface area (Å²) in [5.74, 6) is -4.81. The summed E-state index contributed by atoms with van der Waals surface area (Å²) in [5.41, 5.74) is 0.257. The Morgan fingerprint density at radius 1 is 1.31 bits per heavy atom. The smallest absolute Gasteiger partial charge is 0.311 e. The van der Waals surface area contributed by atoms with Crippen molar-refractivity contribution in [3.63, 3.8) is 0 Å². The van der Waals surface area contributed by atoms with E-state index in [-0.39, 0.29) is 5.56 Å². The lowest BCUT2D eigenvalue weighted by Gasteiger charge is -2.13. The van der Waals surface area contributed by atoms with E-state index >= 15 is 0 Å². The van der Waals surface area contributed by atoms with Crippen LogP contribution < -0.4 is 4.74 Å². The van der Waals surface area contributed by atoms with Crippen molar-refractivity contribution in [2.45, 2.75) is 12.3 Å². The second kappa shape index (κ2) is 5.01. The third kappa shape index (κ3) is 2.98. The number of benzene rings is 1. The Labute approximate surface area is 91.0 Å². The van der Waals surface area contributed by atoms with E-state index in [4.69, 9.17) is 4.74 Å². The predicted octanol–water partition coefficient (Wildman–Crippen LogP) is 2.41. The summed E-state index contributed by atoms with van der Waals surface area (Å²) >= 11 is 0. The van der Waals surface area contributed by atoms with Crippen molar-refractivity contribution < 1.29 is 22.7 Å². The van der Waals surface area contributed by atoms with Gasteiger partial charge in [0, 0.05) is 6.42 Å². The number of hydrogen-bond acceptors (Lipinski definition) is 2. The summed E-state index contributed by atoms with van der Waals surface area (Å²) in [7, 11) is 1.45. The van der Waals surface area contributed by atoms with Gasteiger partial charge in [-0.25, -0.2) is 4.39 Å². The van der Waals surface area contributed by atoms with Crippen molar-refractivity contribution in [3.05, 3.63) is 29.8 Å². The molecule has 5 heteroatoms. The van der Waals surface area contributed by atoms with Crippen molar-refractivity contribution in [1.29, 1.82) is 0 Å². The Morgan fingerprint density at radius 3 is 2.31 bits per heavy atom. The molecule has 1 aromatic carbocycles. The third-order valence-electron chi connectivity index (χ3n) is 2.11. The molecule has 0 radical (unpaired) electrons. The van der Waals surface area contributed by atoms with Crippen molar-refractivity contribution in [2.75, 3.05) is 13.8 Å². The monoisotopic (exact) mass is 232 g/mol. The summed E-state index contributed by atoms with van der Waals surface area (Å²) in [6.45, 7) is -1.65. The second-order valence-corrected chi connectivity index (χ2v) is 3.29. The van der Waals surface area contributed by atoms with Gasteiger partial charge >= 0.3 is 5.92 Å². The molecule has 0 spiro atoms. The fourth-order valence-corrected chi connectivity index (χ4v) is 1.20. The Morgan fingerprint density at radius 2 is 1.88 bits per heavy atom. The van der Waals surface area contributed by atoms with Gasteiger partial charge in [0.1, 0.15) is 5.75 Å². The van der Waals surface area contributed by atoms with E-state index in [2.05, 4.69) is 0 Å². The van der Waals surface area contributed by atoms with E-state index in [9.17, 15) is 18.0 Å². The lowest BCUT2D eigenvalue weighted by Crippen LogP contribution is -2.32. The van der Waals surface area contributed by atoms with Gasteiger partial charge in [0.2, 0.25) is 5.78 Å². The Kier molecular flexibility index (Phi) is 3.93. The van der Waals surface area contributed by atoms with Gasteiger partial charge in [-0.3, -0.25) is 4.79 Å². The largest absolute Gasteiger partial charge is 0.497 e. The first-order valence-corrected chi connectivity index (χ1v) is 4.59. The van der Waals surface area contributed by atoms with Gasteiger partial charge in [-0.05, 0) is 17.7 Å². The van der Waals surface area contributed by atoms with Gasteiger partial charge in [0.15, 0.2) is 6.67 Å². The van der Waals surface area contributed by atoms with Crippen LogP contribution in [0.5, 0.6) is 5.75 Å². The van der Waals surface area contributed by atoms with Crippen LogP contribution in [0.4, 0.5) is 13.2 Å². The summed E-state index contributed by atoms with van der Waals surface area (Å²) in [6, 6.07) is 5.84. The van der Waals surface area contributed by atoms with Crippen LogP contribution in [-0.2, 0) is 11.2 Å². The first kappa shape index (κ1) is 12.5. The average molecular weight is 232 g/mol. The van der Waals surface area contributed by atoms with Gasteiger partial charge in [0.05, 0.1) is 7.11 Å². The minimum absolute atomic E-state index is 0.257. The van der Waals surface area contributed by atoms with Crippen LogP contribution >= 0.6 is 0 Å². The Hall–Kier alpha value is -1.52. The zero-order valence-corrected chi connectivity index (χ0v) is 8.67. The number of methoxy groups -OCH3 is 1. The zero-order valence-electron chi connectivity index (χ0n) is 8.67. The highest BCUT2D eigenvalue weighted by molar-refractivity contribution is 5.86. The number of ether oxygens (including phenoxy) is 1. The van der Waals surface area contributed by atoms with Crippen molar-refractivity contribution in [2.24, 2.45) is 0 Å². The topological polar surface area (TPSA) is 26.3 Å². The van der Waals surface area contributed by atoms with Gasteiger partial charge in [-0.2, -0.15) is 8.78 Å². The van der Waals surface area contributed by atoms with Crippen LogP contribution in [0.25, 0.3) is 0 Å². The lowest BCUT2D eigenvalue weighted by molar-refractivity contribution is -0.143. The number of carbonyl (C=O) groups is 1. The summed E-state index contributed by atoms with van der Waals surface area (Å²) in [5, 5.41) is 0. The van der Waals surface area contributed by atoms with E-state index in [1.54, 1.807) is 0 Å². The Bertz CT molecular complexity index is 360. The summed E-state index contributed by atoms with van der Waals surface area (Å²) in [4.78, 5) is 10.6. The number of Topliss-reactive ketones (excluding diaryl/α,β-unsaturated/α-hetero) is 1. The fourth-order valence-electron chi connectivity index (χ4n) is 1.20. The highest BCUT2D eigenvalue weighted by atomic mass is 19.3. The lowest BCUT2D eigenvalue weighted by atomic mass is 10.0. The van der Waals surface area contributed by atoms with Crippen LogP contribution in [0, 0.1) is 0 Å². The molecule has 0 heterocycles. The summed E-state index contributed by atoms with van der Waals surface area (Å²) in [6.07, 6.45) is -0.792. The zero-order chi connectivity index (χ0) is 12.2. The molecule has 0 N–H and O–H groups in total. The average Bonchev–Trinajstić information content (AvgIpc) is 2.28. The SMILES string of the molecule is COc1ccc(CC(F)(F)C(=O)CF)cc1. The molecule has 0 amide bonds. The van der Waals surface area contributed by atoms with Crippen molar-refractivity contribution in [1.82, 2.24) is 0 Å². The first-order chi connectivity index (χ1) is 7.49. The van der Waals surface area contributed by atoms with Crippen LogP contribution in [-0.4, -0.2) is 25.5 Å². The molecule has 16 heavy (non-hydrogen) atoms. The first-order valence-electron chi connectivity index (χ1n) is 4.59. The maximum atomic E-state index is 13.1. The molecule has 0 fully saturated rings. The number of alkyl halides is 3. The quantitative estimate of drug-likeness (QED) is 0.779. The van der Waals surface area contributed by atoms with E-state index in [1.807, 2.05) is 0 Å². The van der Waals surface area contributed by atoms with Gasteiger partial charge in [0.25, 0.3) is 0 Å². The van der Waals surface area contributed by atoms with Gasteiger partial charge < -0.3 is 4.74 Å². The second-order valence-electron chi connectivity index (χ2n) is 3.29. The molecular formula is C11H11F3O2. The van der Waals surface area contributed by atoms with Gasteiger partial charge in [-0.15, -0.1) is 0 Å². The fraction of sp³-hybridized carbons (Fsp3) is 0.364. The number of ketones is 1.